The molecule has 1 saturated heterocycles. The third-order valence-corrected chi connectivity index (χ3v) is 4.25. The number of thiocarbonyl (C=S) groups is 1. The molecule has 0 atom stereocenters. The number of benzene rings is 1. The lowest BCUT2D eigenvalue weighted by Crippen LogP contribution is -3.14. The molecular weight excluding hydrogens is 362 g/mol. The average Bonchev–Trinajstić information content (AvgIpc) is 2.64. The zero-order chi connectivity index (χ0) is 18.8. The van der Waals surface area contributed by atoms with Gasteiger partial charge in [0, 0.05) is 13.0 Å². The fourth-order valence-electron chi connectivity index (χ4n) is 2.57. The number of alkyl halides is 2. The van der Waals surface area contributed by atoms with Crippen molar-refractivity contribution in [1.82, 2.24) is 10.7 Å². The largest absolute Gasteiger partial charge is 0.435 e. The molecule has 1 heterocycles. The van der Waals surface area contributed by atoms with Crippen molar-refractivity contribution in [3.63, 3.8) is 0 Å². The number of hydrogen-bond acceptors (Lipinski definition) is 4. The molecule has 1 aromatic carbocycles. The van der Waals surface area contributed by atoms with Gasteiger partial charge in [-0.1, -0.05) is 0 Å². The highest BCUT2D eigenvalue weighted by molar-refractivity contribution is 7.80. The Morgan fingerprint density at radius 1 is 1.31 bits per heavy atom. The first-order valence-corrected chi connectivity index (χ1v) is 9.00. The second-order valence-corrected chi connectivity index (χ2v) is 6.34. The van der Waals surface area contributed by atoms with Gasteiger partial charge in [-0.15, -0.1) is 0 Å². The minimum Gasteiger partial charge on any atom is -0.435 e. The van der Waals surface area contributed by atoms with E-state index in [4.69, 9.17) is 17.0 Å². The van der Waals surface area contributed by atoms with Crippen LogP contribution in [0.5, 0.6) is 5.75 Å². The maximum atomic E-state index is 12.1. The van der Waals surface area contributed by atoms with Gasteiger partial charge in [0.1, 0.15) is 18.8 Å². The van der Waals surface area contributed by atoms with Crippen LogP contribution in [0, 0.1) is 0 Å². The minimum atomic E-state index is -2.83. The van der Waals surface area contributed by atoms with E-state index in [9.17, 15) is 8.78 Å². The molecule has 0 bridgehead atoms. The van der Waals surface area contributed by atoms with Crippen molar-refractivity contribution >= 4 is 23.0 Å². The number of ether oxygens (including phenoxy) is 2. The van der Waals surface area contributed by atoms with Gasteiger partial charge in [0.15, 0.2) is 5.11 Å². The van der Waals surface area contributed by atoms with Gasteiger partial charge in [-0.05, 0) is 49.0 Å². The lowest BCUT2D eigenvalue weighted by Gasteiger charge is -2.23. The molecule has 0 saturated carbocycles. The summed E-state index contributed by atoms with van der Waals surface area (Å²) in [5.74, 6) is 0.115. The van der Waals surface area contributed by atoms with E-state index in [0.717, 1.165) is 51.4 Å². The summed E-state index contributed by atoms with van der Waals surface area (Å²) in [6.07, 6.45) is 1.02. The van der Waals surface area contributed by atoms with Crippen molar-refractivity contribution in [1.29, 1.82) is 0 Å². The van der Waals surface area contributed by atoms with Gasteiger partial charge in [-0.2, -0.15) is 13.9 Å². The van der Waals surface area contributed by atoms with Crippen LogP contribution in [0.1, 0.15) is 18.9 Å². The highest BCUT2D eigenvalue weighted by atomic mass is 32.1. The van der Waals surface area contributed by atoms with Crippen LogP contribution < -0.4 is 20.4 Å². The van der Waals surface area contributed by atoms with Crippen LogP contribution in [-0.4, -0.2) is 56.8 Å². The molecular formula is C17H25F2N4O2S+. The Labute approximate surface area is 157 Å². The fraction of sp³-hybridized carbons (Fsp3) is 0.529. The van der Waals surface area contributed by atoms with Crippen LogP contribution >= 0.6 is 12.2 Å². The number of hydrazone groups is 1. The third-order valence-electron chi connectivity index (χ3n) is 4.01. The summed E-state index contributed by atoms with van der Waals surface area (Å²) in [7, 11) is 0. The Kier molecular flexibility index (Phi) is 8.66. The van der Waals surface area contributed by atoms with Crippen molar-refractivity contribution in [2.45, 2.75) is 20.0 Å². The summed E-state index contributed by atoms with van der Waals surface area (Å²) < 4.78 is 33.9. The third kappa shape index (κ3) is 7.59. The van der Waals surface area contributed by atoms with Crippen molar-refractivity contribution in [2.24, 2.45) is 5.10 Å². The second-order valence-electron chi connectivity index (χ2n) is 5.93. The molecule has 2 rings (SSSR count). The monoisotopic (exact) mass is 387 g/mol. The van der Waals surface area contributed by atoms with E-state index in [0.29, 0.717) is 10.8 Å². The van der Waals surface area contributed by atoms with Crippen LogP contribution in [0.3, 0.4) is 0 Å². The van der Waals surface area contributed by atoms with E-state index >= 15 is 0 Å². The highest BCUT2D eigenvalue weighted by Crippen LogP contribution is 2.15. The maximum Gasteiger partial charge on any atom is 0.387 e. The molecule has 1 aromatic rings. The molecule has 0 amide bonds. The molecule has 1 aliphatic rings. The number of rotatable bonds is 8. The summed E-state index contributed by atoms with van der Waals surface area (Å²) in [5.41, 5.74) is 4.28. The fourth-order valence-corrected chi connectivity index (χ4v) is 2.71. The first-order valence-electron chi connectivity index (χ1n) is 8.59. The van der Waals surface area contributed by atoms with Gasteiger partial charge in [-0.25, -0.2) is 0 Å². The molecule has 0 spiro atoms. The second kappa shape index (κ2) is 11.0. The molecule has 1 fully saturated rings. The van der Waals surface area contributed by atoms with Gasteiger partial charge >= 0.3 is 6.61 Å². The van der Waals surface area contributed by atoms with E-state index in [2.05, 4.69) is 20.6 Å². The van der Waals surface area contributed by atoms with Crippen LogP contribution in [0.4, 0.5) is 8.78 Å². The summed E-state index contributed by atoms with van der Waals surface area (Å²) in [4.78, 5) is 1.56. The van der Waals surface area contributed by atoms with E-state index in [-0.39, 0.29) is 5.75 Å². The van der Waals surface area contributed by atoms with Crippen LogP contribution in [0.25, 0.3) is 0 Å². The SMILES string of the molecule is C/C(=N/NC(=S)NCCC[NH+]1CCOCC1)c1ccc(OC(F)F)cc1. The Morgan fingerprint density at radius 3 is 2.65 bits per heavy atom. The van der Waals surface area contributed by atoms with E-state index in [1.54, 1.807) is 24.0 Å². The predicted octanol–water partition coefficient (Wildman–Crippen LogP) is 0.781. The zero-order valence-corrected chi connectivity index (χ0v) is 15.6. The molecule has 26 heavy (non-hydrogen) atoms. The summed E-state index contributed by atoms with van der Waals surface area (Å²) in [5, 5.41) is 7.79. The molecule has 1 aliphatic heterocycles. The van der Waals surface area contributed by atoms with Gasteiger partial charge < -0.3 is 19.7 Å². The van der Waals surface area contributed by atoms with Crippen LogP contribution in [-0.2, 0) is 4.74 Å². The number of quaternary nitrogens is 1. The van der Waals surface area contributed by atoms with Crippen molar-refractivity contribution < 1.29 is 23.2 Å². The van der Waals surface area contributed by atoms with Crippen LogP contribution in [0.2, 0.25) is 0 Å². The van der Waals surface area contributed by atoms with Crippen LogP contribution in [0.15, 0.2) is 29.4 Å². The Bertz CT molecular complexity index is 593. The highest BCUT2D eigenvalue weighted by Gasteiger charge is 2.12. The van der Waals surface area contributed by atoms with Crippen molar-refractivity contribution in [2.75, 3.05) is 39.4 Å². The van der Waals surface area contributed by atoms with Crippen molar-refractivity contribution in [3.8, 4) is 5.75 Å². The maximum absolute atomic E-state index is 12.1. The average molecular weight is 387 g/mol. The molecule has 9 heteroatoms. The first kappa shape index (κ1) is 20.5. The Balaban J connectivity index is 1.67. The summed E-state index contributed by atoms with van der Waals surface area (Å²) in [6.45, 7) is 4.66. The van der Waals surface area contributed by atoms with Gasteiger partial charge in [-0.3, -0.25) is 5.43 Å². The van der Waals surface area contributed by atoms with E-state index < -0.39 is 6.61 Å². The topological polar surface area (TPSA) is 59.3 Å². The smallest absolute Gasteiger partial charge is 0.387 e. The van der Waals surface area contributed by atoms with E-state index in [1.807, 2.05) is 0 Å². The molecule has 6 nitrogen and oxygen atoms in total. The van der Waals surface area contributed by atoms with Gasteiger partial charge in [0.2, 0.25) is 0 Å². The first-order chi connectivity index (χ1) is 12.5. The standard InChI is InChI=1S/C17H24F2N4O2S/c1-13(14-3-5-15(6-4-14)25-16(18)19)21-22-17(26)20-7-2-8-23-9-11-24-12-10-23/h3-6,16H,2,7-12H2,1H3,(H2,20,22,26)/p+1/b21-13-. The Morgan fingerprint density at radius 2 is 2.00 bits per heavy atom. The number of hydrogen-bond donors (Lipinski definition) is 3. The number of morpholine rings is 1. The predicted molar refractivity (Wildman–Crippen MR) is 100 cm³/mol. The normalized spacial score (nSPS) is 15.8. The summed E-state index contributed by atoms with van der Waals surface area (Å²) in [6, 6.07) is 6.29. The minimum absolute atomic E-state index is 0.115. The molecule has 0 aromatic heterocycles. The number of halogens is 2. The summed E-state index contributed by atoms with van der Waals surface area (Å²) >= 11 is 5.20. The number of nitrogens with zero attached hydrogens (tertiary/aromatic N) is 1. The molecule has 0 radical (unpaired) electrons. The van der Waals surface area contributed by atoms with E-state index in [1.165, 1.54) is 12.1 Å². The van der Waals surface area contributed by atoms with Gasteiger partial charge in [0.25, 0.3) is 0 Å². The zero-order valence-electron chi connectivity index (χ0n) is 14.8. The Hall–Kier alpha value is -1.84. The lowest BCUT2D eigenvalue weighted by atomic mass is 10.1. The van der Waals surface area contributed by atoms with Gasteiger partial charge in [0.05, 0.1) is 25.5 Å². The number of nitrogens with one attached hydrogen (secondary N) is 3. The molecule has 0 unspecified atom stereocenters. The quantitative estimate of drug-likeness (QED) is 0.266. The lowest BCUT2D eigenvalue weighted by molar-refractivity contribution is -0.908. The molecule has 3 N–H and O–H groups in total. The molecule has 0 aliphatic carbocycles. The molecule has 144 valence electrons. The van der Waals surface area contributed by atoms with Crippen molar-refractivity contribution in [3.05, 3.63) is 29.8 Å².